The Labute approximate surface area is 113 Å². The maximum Gasteiger partial charge on any atom is 0.416 e. The zero-order chi connectivity index (χ0) is 14.8. The van der Waals surface area contributed by atoms with Crippen molar-refractivity contribution in [1.29, 1.82) is 0 Å². The lowest BCUT2D eigenvalue weighted by Gasteiger charge is -2.06. The summed E-state index contributed by atoms with van der Waals surface area (Å²) < 4.78 is 39.2. The first-order chi connectivity index (χ1) is 9.36. The summed E-state index contributed by atoms with van der Waals surface area (Å²) in [6, 6.07) is 4.34. The fraction of sp³-hybridized carbons (Fsp3) is 0.143. The second kappa shape index (κ2) is 5.32. The van der Waals surface area contributed by atoms with E-state index in [0.29, 0.717) is 5.56 Å². The van der Waals surface area contributed by atoms with Crippen molar-refractivity contribution in [2.45, 2.75) is 6.18 Å². The van der Waals surface area contributed by atoms with Crippen LogP contribution in [0.25, 0.3) is 6.08 Å². The van der Waals surface area contributed by atoms with Gasteiger partial charge in [0.15, 0.2) is 5.78 Å². The average molecular weight is 280 g/mol. The number of aromatic nitrogens is 2. The summed E-state index contributed by atoms with van der Waals surface area (Å²) in [5, 5.41) is 3.92. The number of rotatable bonds is 3. The van der Waals surface area contributed by atoms with Crippen LogP contribution < -0.4 is 0 Å². The number of carbonyl (C=O) groups excluding carboxylic acids is 1. The molecule has 3 nitrogen and oxygen atoms in total. The van der Waals surface area contributed by atoms with Gasteiger partial charge in [-0.1, -0.05) is 12.1 Å². The Morgan fingerprint density at radius 2 is 2.10 bits per heavy atom. The Bertz CT molecular complexity index is 656. The molecule has 104 valence electrons. The van der Waals surface area contributed by atoms with Gasteiger partial charge in [-0.2, -0.15) is 18.3 Å². The van der Waals surface area contributed by atoms with E-state index in [0.717, 1.165) is 12.1 Å². The molecule has 0 bridgehead atoms. The van der Waals surface area contributed by atoms with Gasteiger partial charge >= 0.3 is 6.18 Å². The number of allylic oxidation sites excluding steroid dienone is 1. The summed E-state index contributed by atoms with van der Waals surface area (Å²) in [7, 11) is 1.73. The predicted octanol–water partition coefficient (Wildman–Crippen LogP) is 3.34. The topological polar surface area (TPSA) is 34.9 Å². The van der Waals surface area contributed by atoms with Crippen molar-refractivity contribution in [2.24, 2.45) is 7.05 Å². The van der Waals surface area contributed by atoms with Gasteiger partial charge in [0.25, 0.3) is 0 Å². The number of aryl methyl sites for hydroxylation is 1. The molecule has 0 saturated carbocycles. The highest BCUT2D eigenvalue weighted by Gasteiger charge is 2.30. The SMILES string of the molecule is Cn1cc(/C=C/C(=O)c2cccc(C(F)(F)F)c2)cn1. The molecule has 2 rings (SSSR count). The van der Waals surface area contributed by atoms with Crippen molar-refractivity contribution < 1.29 is 18.0 Å². The van der Waals surface area contributed by atoms with Gasteiger partial charge in [0.05, 0.1) is 11.8 Å². The van der Waals surface area contributed by atoms with E-state index in [1.165, 1.54) is 24.3 Å². The van der Waals surface area contributed by atoms with Crippen LogP contribution in [0.5, 0.6) is 0 Å². The molecule has 0 aliphatic heterocycles. The van der Waals surface area contributed by atoms with Gasteiger partial charge in [-0.3, -0.25) is 9.48 Å². The molecule has 0 radical (unpaired) electrons. The molecule has 0 unspecified atom stereocenters. The highest BCUT2D eigenvalue weighted by atomic mass is 19.4. The lowest BCUT2D eigenvalue weighted by molar-refractivity contribution is -0.137. The monoisotopic (exact) mass is 280 g/mol. The largest absolute Gasteiger partial charge is 0.416 e. The maximum absolute atomic E-state index is 12.5. The van der Waals surface area contributed by atoms with Crippen molar-refractivity contribution in [2.75, 3.05) is 0 Å². The molecular weight excluding hydrogens is 269 g/mol. The van der Waals surface area contributed by atoms with E-state index in [4.69, 9.17) is 0 Å². The van der Waals surface area contributed by atoms with Gasteiger partial charge in [0, 0.05) is 24.4 Å². The van der Waals surface area contributed by atoms with Crippen molar-refractivity contribution in [1.82, 2.24) is 9.78 Å². The van der Waals surface area contributed by atoms with Crippen LogP contribution in [0.4, 0.5) is 13.2 Å². The maximum atomic E-state index is 12.5. The van der Waals surface area contributed by atoms with Crippen LogP contribution in [0.3, 0.4) is 0 Å². The Hall–Kier alpha value is -2.37. The predicted molar refractivity (Wildman–Crippen MR) is 68.0 cm³/mol. The molecule has 0 spiro atoms. The highest BCUT2D eigenvalue weighted by Crippen LogP contribution is 2.29. The van der Waals surface area contributed by atoms with E-state index in [2.05, 4.69) is 5.10 Å². The zero-order valence-corrected chi connectivity index (χ0v) is 10.6. The number of ketones is 1. The normalized spacial score (nSPS) is 12.0. The Morgan fingerprint density at radius 1 is 1.35 bits per heavy atom. The van der Waals surface area contributed by atoms with Gasteiger partial charge in [0.1, 0.15) is 0 Å². The van der Waals surface area contributed by atoms with Crippen LogP contribution in [-0.4, -0.2) is 15.6 Å². The van der Waals surface area contributed by atoms with Crippen LogP contribution in [0.2, 0.25) is 0 Å². The average Bonchev–Trinajstić information content (AvgIpc) is 2.81. The number of hydrogen-bond donors (Lipinski definition) is 0. The molecule has 1 aromatic carbocycles. The molecule has 6 heteroatoms. The number of benzene rings is 1. The van der Waals surface area contributed by atoms with Gasteiger partial charge in [0.2, 0.25) is 0 Å². The second-order valence-corrected chi connectivity index (χ2v) is 4.22. The van der Waals surface area contributed by atoms with Crippen LogP contribution in [0.1, 0.15) is 21.5 Å². The minimum Gasteiger partial charge on any atom is -0.289 e. The first kappa shape index (κ1) is 14.0. The molecule has 0 aliphatic carbocycles. The Kier molecular flexibility index (Phi) is 3.74. The zero-order valence-electron chi connectivity index (χ0n) is 10.6. The van der Waals surface area contributed by atoms with E-state index < -0.39 is 17.5 Å². The molecule has 1 heterocycles. The molecule has 1 aromatic heterocycles. The Morgan fingerprint density at radius 3 is 2.70 bits per heavy atom. The number of carbonyl (C=O) groups is 1. The van der Waals surface area contributed by atoms with Gasteiger partial charge in [-0.25, -0.2) is 0 Å². The molecule has 0 saturated heterocycles. The van der Waals surface area contributed by atoms with Crippen molar-refractivity contribution in [3.63, 3.8) is 0 Å². The van der Waals surface area contributed by atoms with Crippen LogP contribution >= 0.6 is 0 Å². The third-order valence-electron chi connectivity index (χ3n) is 2.63. The van der Waals surface area contributed by atoms with E-state index >= 15 is 0 Å². The summed E-state index contributed by atoms with van der Waals surface area (Å²) in [4.78, 5) is 11.8. The third-order valence-corrected chi connectivity index (χ3v) is 2.63. The fourth-order valence-corrected chi connectivity index (χ4v) is 1.64. The molecule has 0 aliphatic rings. The van der Waals surface area contributed by atoms with Crippen molar-refractivity contribution >= 4 is 11.9 Å². The van der Waals surface area contributed by atoms with E-state index in [9.17, 15) is 18.0 Å². The Balaban J connectivity index is 2.19. The van der Waals surface area contributed by atoms with Gasteiger partial charge in [-0.15, -0.1) is 0 Å². The molecule has 2 aromatic rings. The van der Waals surface area contributed by atoms with E-state index in [-0.39, 0.29) is 5.56 Å². The van der Waals surface area contributed by atoms with Crippen LogP contribution in [-0.2, 0) is 13.2 Å². The number of halogens is 3. The molecule has 0 amide bonds. The number of nitrogens with zero attached hydrogens (tertiary/aromatic N) is 2. The fourth-order valence-electron chi connectivity index (χ4n) is 1.64. The molecule has 0 N–H and O–H groups in total. The number of hydrogen-bond acceptors (Lipinski definition) is 2. The van der Waals surface area contributed by atoms with Crippen molar-refractivity contribution in [3.8, 4) is 0 Å². The van der Waals surface area contributed by atoms with Gasteiger partial charge < -0.3 is 0 Å². The summed E-state index contributed by atoms with van der Waals surface area (Å²) in [5.41, 5.74) is -0.133. The smallest absolute Gasteiger partial charge is 0.289 e. The summed E-state index contributed by atoms with van der Waals surface area (Å²) in [6.45, 7) is 0. The first-order valence-corrected chi connectivity index (χ1v) is 5.74. The van der Waals surface area contributed by atoms with Crippen LogP contribution in [0, 0.1) is 0 Å². The minimum absolute atomic E-state index is 0.0000321. The summed E-state index contributed by atoms with van der Waals surface area (Å²) in [5.74, 6) is -0.486. The van der Waals surface area contributed by atoms with Crippen LogP contribution in [0.15, 0.2) is 42.7 Å². The summed E-state index contributed by atoms with van der Waals surface area (Å²) >= 11 is 0. The summed E-state index contributed by atoms with van der Waals surface area (Å²) in [6.07, 6.45) is 1.53. The standard InChI is InChI=1S/C14H11F3N2O/c1-19-9-10(8-18-19)5-6-13(20)11-3-2-4-12(7-11)14(15,16)17/h2-9H,1H3/b6-5+. The lowest BCUT2D eigenvalue weighted by Crippen LogP contribution is -2.06. The molecular formula is C14H11F3N2O. The van der Waals surface area contributed by atoms with Crippen molar-refractivity contribution in [3.05, 3.63) is 59.4 Å². The number of alkyl halides is 3. The minimum atomic E-state index is -4.46. The molecule has 20 heavy (non-hydrogen) atoms. The van der Waals surface area contributed by atoms with Gasteiger partial charge in [-0.05, 0) is 24.3 Å². The first-order valence-electron chi connectivity index (χ1n) is 5.74. The van der Waals surface area contributed by atoms with E-state index in [1.54, 1.807) is 24.1 Å². The quantitative estimate of drug-likeness (QED) is 0.638. The highest BCUT2D eigenvalue weighted by molar-refractivity contribution is 6.06. The lowest BCUT2D eigenvalue weighted by atomic mass is 10.1. The van der Waals surface area contributed by atoms with E-state index in [1.807, 2.05) is 0 Å². The second-order valence-electron chi connectivity index (χ2n) is 4.22. The third kappa shape index (κ3) is 3.34. The molecule has 0 fully saturated rings. The molecule has 0 atom stereocenters.